The second kappa shape index (κ2) is 9.94. The molecule has 0 fully saturated rings. The lowest BCUT2D eigenvalue weighted by Gasteiger charge is -2.39. The first-order valence-electron chi connectivity index (χ1n) is 11.5. The van der Waals surface area contributed by atoms with Gasteiger partial charge in [-0.1, -0.05) is 42.5 Å². The van der Waals surface area contributed by atoms with Crippen molar-refractivity contribution in [2.75, 3.05) is 12.0 Å². The number of hydrogen-bond acceptors (Lipinski definition) is 6. The van der Waals surface area contributed by atoms with Crippen LogP contribution in [0.15, 0.2) is 103 Å². The van der Waals surface area contributed by atoms with E-state index in [0.29, 0.717) is 33.9 Å². The van der Waals surface area contributed by atoms with Crippen LogP contribution in [0.5, 0.6) is 11.5 Å². The molecular weight excluding hydrogens is 472 g/mol. The van der Waals surface area contributed by atoms with E-state index in [1.54, 1.807) is 86.0 Å². The summed E-state index contributed by atoms with van der Waals surface area (Å²) in [6.45, 7) is 0. The van der Waals surface area contributed by atoms with E-state index in [2.05, 4.69) is 0 Å². The number of carbonyl (C=O) groups excluding carboxylic acids is 2. The van der Waals surface area contributed by atoms with Gasteiger partial charge in [0, 0.05) is 23.4 Å². The Bertz CT molecular complexity index is 1450. The third-order valence-corrected chi connectivity index (χ3v) is 6.26. The zero-order valence-electron chi connectivity index (χ0n) is 19.8. The van der Waals surface area contributed by atoms with Gasteiger partial charge in [-0.05, 0) is 54.1 Å². The molecule has 37 heavy (non-hydrogen) atoms. The number of fused-ring (bicyclic) bond motifs is 1. The number of ketones is 1. The molecule has 0 bridgehead atoms. The lowest BCUT2D eigenvalue weighted by Crippen LogP contribution is -2.52. The fourth-order valence-electron chi connectivity index (χ4n) is 4.43. The molecule has 0 N–H and O–H groups in total. The fourth-order valence-corrected chi connectivity index (χ4v) is 4.43. The van der Waals surface area contributed by atoms with Crippen LogP contribution in [-0.2, 0) is 0 Å². The van der Waals surface area contributed by atoms with Crippen molar-refractivity contribution in [2.45, 2.75) is 12.1 Å². The van der Waals surface area contributed by atoms with E-state index < -0.39 is 23.0 Å². The van der Waals surface area contributed by atoms with Crippen molar-refractivity contribution in [3.05, 3.63) is 130 Å². The zero-order chi connectivity index (χ0) is 25.9. The number of ether oxygens (including phenoxy) is 2. The molecule has 1 amide bonds. The van der Waals surface area contributed by atoms with Crippen LogP contribution >= 0.6 is 0 Å². The Morgan fingerprint density at radius 3 is 2.19 bits per heavy atom. The maximum absolute atomic E-state index is 14.0. The fraction of sp³-hybridized carbons (Fsp3) is 0.103. The molecule has 5 rings (SSSR count). The molecule has 2 atom stereocenters. The Labute approximate surface area is 212 Å². The lowest BCUT2D eigenvalue weighted by atomic mass is 9.89. The predicted molar refractivity (Wildman–Crippen MR) is 137 cm³/mol. The maximum atomic E-state index is 14.0. The molecule has 0 spiro atoms. The number of hydrogen-bond donors (Lipinski definition) is 0. The number of methoxy groups -OCH3 is 1. The van der Waals surface area contributed by atoms with Gasteiger partial charge in [0.05, 0.1) is 17.6 Å². The molecule has 184 valence electrons. The van der Waals surface area contributed by atoms with Crippen LogP contribution in [0.25, 0.3) is 0 Å². The van der Waals surface area contributed by atoms with Gasteiger partial charge in [0.2, 0.25) is 0 Å². The standard InChI is InChI=1S/C29H22N2O6/c1-36-23-17-11-19(12-18-23)28-26(27(32)24-9-5-6-10-25(24)37-28)30(29(33)20-7-3-2-4-8-20)21-13-15-22(16-14-21)31(34)35/h2-18,26,28H,1H3. The normalized spacial score (nSPS) is 16.3. The molecule has 0 aliphatic carbocycles. The summed E-state index contributed by atoms with van der Waals surface area (Å²) in [7, 11) is 1.56. The summed E-state index contributed by atoms with van der Waals surface area (Å²) < 4.78 is 11.6. The van der Waals surface area contributed by atoms with Crippen molar-refractivity contribution in [1.82, 2.24) is 0 Å². The predicted octanol–water partition coefficient (Wildman–Crippen LogP) is 5.64. The van der Waals surface area contributed by atoms with E-state index >= 15 is 0 Å². The lowest BCUT2D eigenvalue weighted by molar-refractivity contribution is -0.384. The van der Waals surface area contributed by atoms with Gasteiger partial charge >= 0.3 is 0 Å². The molecular formula is C29H22N2O6. The third kappa shape index (κ3) is 4.52. The average molecular weight is 495 g/mol. The first-order chi connectivity index (χ1) is 18.0. The van der Waals surface area contributed by atoms with Crippen molar-refractivity contribution in [3.63, 3.8) is 0 Å². The number of nitro groups is 1. The Balaban J connectivity index is 1.69. The largest absolute Gasteiger partial charge is 0.497 e. The minimum absolute atomic E-state index is 0.126. The maximum Gasteiger partial charge on any atom is 0.269 e. The number of Topliss-reactive ketones (excluding diaryl/α,β-unsaturated/α-hetero) is 1. The van der Waals surface area contributed by atoms with Crippen LogP contribution in [0.1, 0.15) is 32.4 Å². The molecule has 8 heteroatoms. The van der Waals surface area contributed by atoms with Gasteiger partial charge < -0.3 is 9.47 Å². The van der Waals surface area contributed by atoms with E-state index in [1.807, 2.05) is 0 Å². The van der Waals surface area contributed by atoms with Crippen LogP contribution in [-0.4, -0.2) is 29.8 Å². The van der Waals surface area contributed by atoms with Gasteiger partial charge in [-0.15, -0.1) is 0 Å². The summed E-state index contributed by atoms with van der Waals surface area (Å²) in [6.07, 6.45) is -0.851. The van der Waals surface area contributed by atoms with E-state index in [4.69, 9.17) is 9.47 Å². The highest BCUT2D eigenvalue weighted by atomic mass is 16.6. The number of nitrogens with zero attached hydrogens (tertiary/aromatic N) is 2. The Hall–Kier alpha value is -4.98. The Morgan fingerprint density at radius 1 is 0.892 bits per heavy atom. The molecule has 4 aromatic rings. The molecule has 0 aromatic heterocycles. The molecule has 0 radical (unpaired) electrons. The number of para-hydroxylation sites is 1. The monoisotopic (exact) mass is 494 g/mol. The smallest absolute Gasteiger partial charge is 0.269 e. The van der Waals surface area contributed by atoms with E-state index in [1.165, 1.54) is 29.2 Å². The highest BCUT2D eigenvalue weighted by Gasteiger charge is 2.44. The average Bonchev–Trinajstić information content (AvgIpc) is 2.95. The molecule has 0 saturated carbocycles. The van der Waals surface area contributed by atoms with Gasteiger partial charge in [0.15, 0.2) is 11.9 Å². The van der Waals surface area contributed by atoms with Crippen LogP contribution in [0, 0.1) is 10.1 Å². The van der Waals surface area contributed by atoms with Crippen molar-refractivity contribution < 1.29 is 24.0 Å². The molecule has 1 aliphatic rings. The number of carbonyl (C=O) groups is 2. The summed E-state index contributed by atoms with van der Waals surface area (Å²) in [5, 5.41) is 11.3. The van der Waals surface area contributed by atoms with Crippen molar-refractivity contribution in [3.8, 4) is 11.5 Å². The molecule has 4 aromatic carbocycles. The third-order valence-electron chi connectivity index (χ3n) is 6.26. The van der Waals surface area contributed by atoms with E-state index in [-0.39, 0.29) is 11.5 Å². The molecule has 1 aliphatic heterocycles. The minimum Gasteiger partial charge on any atom is -0.497 e. The number of benzene rings is 4. The Morgan fingerprint density at radius 2 is 1.54 bits per heavy atom. The number of nitro benzene ring substituents is 1. The van der Waals surface area contributed by atoms with Crippen molar-refractivity contribution in [2.24, 2.45) is 0 Å². The summed E-state index contributed by atoms with van der Waals surface area (Å²) in [4.78, 5) is 40.1. The summed E-state index contributed by atoms with van der Waals surface area (Å²) in [5.74, 6) is 0.315. The van der Waals surface area contributed by atoms with Gasteiger partial charge in [0.1, 0.15) is 17.5 Å². The van der Waals surface area contributed by atoms with Crippen LogP contribution in [0.4, 0.5) is 11.4 Å². The topological polar surface area (TPSA) is 99.0 Å². The molecule has 1 heterocycles. The van der Waals surface area contributed by atoms with Crippen LogP contribution < -0.4 is 14.4 Å². The van der Waals surface area contributed by atoms with Gasteiger partial charge in [-0.25, -0.2) is 0 Å². The number of anilines is 1. The van der Waals surface area contributed by atoms with Crippen molar-refractivity contribution in [1.29, 1.82) is 0 Å². The highest BCUT2D eigenvalue weighted by Crippen LogP contribution is 2.40. The van der Waals surface area contributed by atoms with E-state index in [0.717, 1.165) is 0 Å². The summed E-state index contributed by atoms with van der Waals surface area (Å²) in [5.41, 5.74) is 1.59. The van der Waals surface area contributed by atoms with Crippen molar-refractivity contribution >= 4 is 23.1 Å². The minimum atomic E-state index is -1.09. The second-order valence-electron chi connectivity index (χ2n) is 8.43. The summed E-state index contributed by atoms with van der Waals surface area (Å²) >= 11 is 0. The molecule has 8 nitrogen and oxygen atoms in total. The number of non-ortho nitro benzene ring substituents is 1. The first kappa shape index (κ1) is 23.7. The highest BCUT2D eigenvalue weighted by molar-refractivity contribution is 6.14. The van der Waals surface area contributed by atoms with Crippen LogP contribution in [0.2, 0.25) is 0 Å². The van der Waals surface area contributed by atoms with Crippen LogP contribution in [0.3, 0.4) is 0 Å². The number of rotatable bonds is 6. The molecule has 2 unspecified atom stereocenters. The van der Waals surface area contributed by atoms with E-state index in [9.17, 15) is 19.7 Å². The SMILES string of the molecule is COc1ccc(C2Oc3ccccc3C(=O)C2N(C(=O)c2ccccc2)c2ccc([N+](=O)[O-])cc2)cc1. The summed E-state index contributed by atoms with van der Waals surface area (Å²) in [6, 6.07) is 27.0. The zero-order valence-corrected chi connectivity index (χ0v) is 19.8. The second-order valence-corrected chi connectivity index (χ2v) is 8.43. The first-order valence-corrected chi connectivity index (χ1v) is 11.5. The number of amides is 1. The van der Waals surface area contributed by atoms with Gasteiger partial charge in [0.25, 0.3) is 11.6 Å². The Kier molecular flexibility index (Phi) is 6.38. The van der Waals surface area contributed by atoms with Gasteiger partial charge in [-0.2, -0.15) is 0 Å². The quantitative estimate of drug-likeness (QED) is 0.254. The molecule has 0 saturated heterocycles. The van der Waals surface area contributed by atoms with Gasteiger partial charge in [-0.3, -0.25) is 24.6 Å².